The molecule has 0 aliphatic heterocycles. The van der Waals surface area contributed by atoms with Crippen LogP contribution in [-0.2, 0) is 20.7 Å². The average Bonchev–Trinajstić information content (AvgIpc) is 2.57. The maximum Gasteiger partial charge on any atom is 0.321 e. The third-order valence-corrected chi connectivity index (χ3v) is 3.02. The SMILES string of the molecule is CCCNC(=O)NC(=O)COC(=O)CCc1ccccc1OCC. The number of urea groups is 1. The molecule has 24 heavy (non-hydrogen) atoms. The molecule has 0 spiro atoms. The molecule has 0 heterocycles. The molecule has 0 fully saturated rings. The molecule has 7 nitrogen and oxygen atoms in total. The number of carbonyl (C=O) groups excluding carboxylic acids is 3. The fraction of sp³-hybridized carbons (Fsp3) is 0.471. The first-order valence-corrected chi connectivity index (χ1v) is 8.00. The van der Waals surface area contributed by atoms with E-state index in [4.69, 9.17) is 9.47 Å². The molecule has 0 aliphatic carbocycles. The van der Waals surface area contributed by atoms with E-state index >= 15 is 0 Å². The molecule has 0 bridgehead atoms. The first kappa shape index (κ1) is 19.5. The second-order valence-electron chi connectivity index (χ2n) is 5.01. The van der Waals surface area contributed by atoms with Crippen LogP contribution in [0.1, 0.15) is 32.3 Å². The van der Waals surface area contributed by atoms with Crippen LogP contribution in [0.15, 0.2) is 24.3 Å². The molecule has 132 valence electrons. The van der Waals surface area contributed by atoms with E-state index in [9.17, 15) is 14.4 Å². The summed E-state index contributed by atoms with van der Waals surface area (Å²) in [5.74, 6) is -0.435. The molecular formula is C17H24N2O5. The summed E-state index contributed by atoms with van der Waals surface area (Å²) in [6, 6.07) is 6.85. The number of hydrogen-bond acceptors (Lipinski definition) is 5. The summed E-state index contributed by atoms with van der Waals surface area (Å²) in [7, 11) is 0. The highest BCUT2D eigenvalue weighted by atomic mass is 16.5. The predicted octanol–water partition coefficient (Wildman–Crippen LogP) is 1.80. The van der Waals surface area contributed by atoms with Crippen LogP contribution in [0.4, 0.5) is 4.79 Å². The molecule has 0 atom stereocenters. The van der Waals surface area contributed by atoms with Crippen LogP contribution >= 0.6 is 0 Å². The molecule has 1 aromatic carbocycles. The lowest BCUT2D eigenvalue weighted by molar-refractivity contribution is -0.148. The molecule has 1 rings (SSSR count). The third kappa shape index (κ3) is 7.62. The molecule has 0 radical (unpaired) electrons. The summed E-state index contributed by atoms with van der Waals surface area (Å²) in [5.41, 5.74) is 0.902. The summed E-state index contributed by atoms with van der Waals surface area (Å²) in [6.07, 6.45) is 1.34. The Morgan fingerprint density at radius 3 is 2.58 bits per heavy atom. The summed E-state index contributed by atoms with van der Waals surface area (Å²) in [4.78, 5) is 34.4. The lowest BCUT2D eigenvalue weighted by Gasteiger charge is -2.10. The molecule has 3 amide bonds. The van der Waals surface area contributed by atoms with Gasteiger partial charge in [-0.25, -0.2) is 4.79 Å². The topological polar surface area (TPSA) is 93.7 Å². The Morgan fingerprint density at radius 1 is 1.12 bits per heavy atom. The van der Waals surface area contributed by atoms with E-state index < -0.39 is 24.5 Å². The van der Waals surface area contributed by atoms with Gasteiger partial charge in [0.25, 0.3) is 5.91 Å². The third-order valence-electron chi connectivity index (χ3n) is 3.02. The molecule has 7 heteroatoms. The van der Waals surface area contributed by atoms with E-state index in [1.54, 1.807) is 0 Å². The van der Waals surface area contributed by atoms with Crippen LogP contribution in [0.2, 0.25) is 0 Å². The Balaban J connectivity index is 2.32. The zero-order valence-electron chi connectivity index (χ0n) is 14.1. The van der Waals surface area contributed by atoms with Crippen molar-refractivity contribution in [3.63, 3.8) is 0 Å². The van der Waals surface area contributed by atoms with Gasteiger partial charge in [0, 0.05) is 13.0 Å². The van der Waals surface area contributed by atoms with E-state index in [2.05, 4.69) is 10.6 Å². The molecule has 0 saturated carbocycles. The second-order valence-corrected chi connectivity index (χ2v) is 5.01. The summed E-state index contributed by atoms with van der Waals surface area (Å²) in [5, 5.41) is 4.57. The molecule has 2 N–H and O–H groups in total. The summed E-state index contributed by atoms with van der Waals surface area (Å²) in [6.45, 7) is 4.32. The van der Waals surface area contributed by atoms with E-state index in [-0.39, 0.29) is 6.42 Å². The predicted molar refractivity (Wildman–Crippen MR) is 88.7 cm³/mol. The number of aryl methyl sites for hydroxylation is 1. The first-order chi connectivity index (χ1) is 11.6. The highest BCUT2D eigenvalue weighted by molar-refractivity contribution is 5.95. The number of imide groups is 1. The summed E-state index contributed by atoms with van der Waals surface area (Å²) < 4.78 is 10.3. The fourth-order valence-corrected chi connectivity index (χ4v) is 1.91. The van der Waals surface area contributed by atoms with E-state index in [0.717, 1.165) is 17.7 Å². The molecular weight excluding hydrogens is 312 g/mol. The van der Waals surface area contributed by atoms with Crippen molar-refractivity contribution in [3.05, 3.63) is 29.8 Å². The lowest BCUT2D eigenvalue weighted by atomic mass is 10.1. The molecule has 0 aromatic heterocycles. The van der Waals surface area contributed by atoms with Crippen molar-refractivity contribution >= 4 is 17.9 Å². The molecule has 0 unspecified atom stereocenters. The summed E-state index contributed by atoms with van der Waals surface area (Å²) >= 11 is 0. The average molecular weight is 336 g/mol. The number of para-hydroxylation sites is 1. The van der Waals surface area contributed by atoms with Gasteiger partial charge in [-0.1, -0.05) is 25.1 Å². The molecule has 1 aromatic rings. The minimum atomic E-state index is -0.660. The number of carbonyl (C=O) groups is 3. The number of esters is 1. The van der Waals surface area contributed by atoms with Crippen molar-refractivity contribution in [1.82, 2.24) is 10.6 Å². The zero-order chi connectivity index (χ0) is 17.8. The van der Waals surface area contributed by atoms with Gasteiger partial charge in [0.1, 0.15) is 5.75 Å². The lowest BCUT2D eigenvalue weighted by Crippen LogP contribution is -2.41. The maximum atomic E-state index is 11.7. The van der Waals surface area contributed by atoms with Crippen LogP contribution in [0.3, 0.4) is 0 Å². The Morgan fingerprint density at radius 2 is 1.88 bits per heavy atom. The highest BCUT2D eigenvalue weighted by Crippen LogP contribution is 2.19. The largest absolute Gasteiger partial charge is 0.494 e. The quantitative estimate of drug-likeness (QED) is 0.671. The Bertz CT molecular complexity index is 560. The van der Waals surface area contributed by atoms with Crippen molar-refractivity contribution in [2.45, 2.75) is 33.1 Å². The van der Waals surface area contributed by atoms with Gasteiger partial charge in [-0.3, -0.25) is 14.9 Å². The Kier molecular flexibility index (Phi) is 8.96. The number of ether oxygens (including phenoxy) is 2. The standard InChI is InChI=1S/C17H24N2O5/c1-3-11-18-17(22)19-15(20)12-24-16(21)10-9-13-7-5-6-8-14(13)23-4-2/h5-8H,3-4,9-12H2,1-2H3,(H2,18,19,20,22). The van der Waals surface area contributed by atoms with Crippen molar-refractivity contribution in [2.24, 2.45) is 0 Å². The van der Waals surface area contributed by atoms with Crippen LogP contribution in [-0.4, -0.2) is 37.7 Å². The van der Waals surface area contributed by atoms with Crippen molar-refractivity contribution in [2.75, 3.05) is 19.8 Å². The van der Waals surface area contributed by atoms with Gasteiger partial charge in [0.15, 0.2) is 6.61 Å². The second kappa shape index (κ2) is 11.0. The van der Waals surface area contributed by atoms with Crippen LogP contribution in [0.25, 0.3) is 0 Å². The van der Waals surface area contributed by atoms with Gasteiger partial charge in [0.2, 0.25) is 0 Å². The van der Waals surface area contributed by atoms with Crippen molar-refractivity contribution in [3.8, 4) is 5.75 Å². The number of amides is 3. The smallest absolute Gasteiger partial charge is 0.321 e. The van der Waals surface area contributed by atoms with Crippen LogP contribution in [0, 0.1) is 0 Å². The normalized spacial score (nSPS) is 9.92. The van der Waals surface area contributed by atoms with Gasteiger partial charge in [-0.05, 0) is 31.4 Å². The molecule has 0 aliphatic rings. The van der Waals surface area contributed by atoms with Crippen LogP contribution in [0.5, 0.6) is 5.75 Å². The fourth-order valence-electron chi connectivity index (χ4n) is 1.91. The number of nitrogens with one attached hydrogen (secondary N) is 2. The molecule has 0 saturated heterocycles. The first-order valence-electron chi connectivity index (χ1n) is 8.00. The van der Waals surface area contributed by atoms with Gasteiger partial charge < -0.3 is 14.8 Å². The van der Waals surface area contributed by atoms with E-state index in [1.165, 1.54) is 0 Å². The van der Waals surface area contributed by atoms with Gasteiger partial charge in [-0.2, -0.15) is 0 Å². The van der Waals surface area contributed by atoms with Crippen LogP contribution < -0.4 is 15.4 Å². The van der Waals surface area contributed by atoms with Gasteiger partial charge in [0.05, 0.1) is 6.61 Å². The Labute approximate surface area is 141 Å². The Hall–Kier alpha value is -2.57. The minimum Gasteiger partial charge on any atom is -0.494 e. The number of rotatable bonds is 9. The monoisotopic (exact) mass is 336 g/mol. The van der Waals surface area contributed by atoms with Gasteiger partial charge >= 0.3 is 12.0 Å². The zero-order valence-corrected chi connectivity index (χ0v) is 14.1. The number of hydrogen-bond donors (Lipinski definition) is 2. The van der Waals surface area contributed by atoms with Crippen molar-refractivity contribution in [1.29, 1.82) is 0 Å². The highest BCUT2D eigenvalue weighted by Gasteiger charge is 2.11. The maximum absolute atomic E-state index is 11.7. The van der Waals surface area contributed by atoms with Gasteiger partial charge in [-0.15, -0.1) is 0 Å². The van der Waals surface area contributed by atoms with E-state index in [0.29, 0.717) is 19.6 Å². The van der Waals surface area contributed by atoms with Crippen molar-refractivity contribution < 1.29 is 23.9 Å². The minimum absolute atomic E-state index is 0.124. The van der Waals surface area contributed by atoms with E-state index in [1.807, 2.05) is 38.1 Å². The number of benzene rings is 1.